The first-order chi connectivity index (χ1) is 9.06. The van der Waals surface area contributed by atoms with Crippen molar-refractivity contribution in [1.82, 2.24) is 15.1 Å². The van der Waals surface area contributed by atoms with E-state index in [9.17, 15) is 4.79 Å². The zero-order valence-electron chi connectivity index (χ0n) is 11.1. The van der Waals surface area contributed by atoms with E-state index < -0.39 is 5.97 Å². The minimum Gasteiger partial charge on any atom is -0.481 e. The molecule has 1 aromatic carbocycles. The van der Waals surface area contributed by atoms with Gasteiger partial charge in [0.25, 0.3) is 0 Å². The highest BCUT2D eigenvalue weighted by Gasteiger charge is 2.30. The van der Waals surface area contributed by atoms with Crippen molar-refractivity contribution in [2.24, 2.45) is 13.0 Å². The van der Waals surface area contributed by atoms with Gasteiger partial charge < -0.3 is 10.4 Å². The Labute approximate surface area is 111 Å². The summed E-state index contributed by atoms with van der Waals surface area (Å²) in [6, 6.07) is 6.37. The molecule has 0 amide bonds. The second-order valence-corrected chi connectivity index (χ2v) is 5.22. The number of hydrogen-bond acceptors (Lipinski definition) is 3. The first kappa shape index (κ1) is 12.2. The Kier molecular flexibility index (Phi) is 2.78. The van der Waals surface area contributed by atoms with Crippen molar-refractivity contribution in [2.45, 2.75) is 19.4 Å². The van der Waals surface area contributed by atoms with Crippen LogP contribution in [0.3, 0.4) is 0 Å². The maximum atomic E-state index is 11.0. The summed E-state index contributed by atoms with van der Waals surface area (Å²) in [5.41, 5.74) is 3.26. The third-order valence-corrected chi connectivity index (χ3v) is 3.94. The van der Waals surface area contributed by atoms with Crippen molar-refractivity contribution >= 4 is 16.9 Å². The molecule has 0 aliphatic carbocycles. The van der Waals surface area contributed by atoms with Crippen LogP contribution in [-0.4, -0.2) is 27.4 Å². The maximum absolute atomic E-state index is 11.0. The second kappa shape index (κ2) is 4.35. The van der Waals surface area contributed by atoms with Gasteiger partial charge in [-0.2, -0.15) is 5.10 Å². The zero-order valence-corrected chi connectivity index (χ0v) is 11.1. The molecule has 0 saturated carbocycles. The summed E-state index contributed by atoms with van der Waals surface area (Å²) in [5, 5.41) is 17.9. The lowest BCUT2D eigenvalue weighted by Crippen LogP contribution is -2.17. The van der Waals surface area contributed by atoms with Crippen LogP contribution in [-0.2, 0) is 11.8 Å². The van der Waals surface area contributed by atoms with Crippen molar-refractivity contribution in [1.29, 1.82) is 0 Å². The number of carbonyl (C=O) groups is 1. The number of nitrogens with one attached hydrogen (secondary N) is 1. The van der Waals surface area contributed by atoms with Crippen LogP contribution in [0.2, 0.25) is 0 Å². The van der Waals surface area contributed by atoms with Crippen LogP contribution >= 0.6 is 0 Å². The van der Waals surface area contributed by atoms with Crippen LogP contribution in [0, 0.1) is 12.8 Å². The van der Waals surface area contributed by atoms with Gasteiger partial charge in [0, 0.05) is 25.0 Å². The minimum absolute atomic E-state index is 0.130. The highest BCUT2D eigenvalue weighted by atomic mass is 16.4. The summed E-state index contributed by atoms with van der Waals surface area (Å²) in [6.07, 6.45) is 0.653. The fourth-order valence-corrected chi connectivity index (χ4v) is 2.85. The highest BCUT2D eigenvalue weighted by molar-refractivity contribution is 5.82. The molecule has 2 atom stereocenters. The third-order valence-electron chi connectivity index (χ3n) is 3.94. The van der Waals surface area contributed by atoms with Crippen LogP contribution in [0.5, 0.6) is 0 Å². The summed E-state index contributed by atoms with van der Waals surface area (Å²) in [7, 11) is 1.93. The molecule has 100 valence electrons. The smallest absolute Gasteiger partial charge is 0.307 e. The molecule has 1 fully saturated rings. The summed E-state index contributed by atoms with van der Waals surface area (Å²) < 4.78 is 1.87. The molecule has 1 aromatic heterocycles. The van der Waals surface area contributed by atoms with Crippen LogP contribution in [0.4, 0.5) is 0 Å². The first-order valence-corrected chi connectivity index (χ1v) is 6.45. The monoisotopic (exact) mass is 259 g/mol. The fourth-order valence-electron chi connectivity index (χ4n) is 2.85. The van der Waals surface area contributed by atoms with E-state index in [-0.39, 0.29) is 12.0 Å². The van der Waals surface area contributed by atoms with E-state index in [4.69, 9.17) is 5.11 Å². The van der Waals surface area contributed by atoms with Gasteiger partial charge in [0.1, 0.15) is 0 Å². The highest BCUT2D eigenvalue weighted by Crippen LogP contribution is 2.30. The maximum Gasteiger partial charge on any atom is 0.307 e. The Morgan fingerprint density at radius 1 is 1.53 bits per heavy atom. The number of aryl methyl sites for hydroxylation is 2. The molecule has 1 saturated heterocycles. The Morgan fingerprint density at radius 3 is 3.00 bits per heavy atom. The molecular weight excluding hydrogens is 242 g/mol. The number of rotatable bonds is 2. The van der Waals surface area contributed by atoms with E-state index in [0.717, 1.165) is 22.2 Å². The van der Waals surface area contributed by atoms with Crippen LogP contribution in [0.15, 0.2) is 18.2 Å². The molecule has 0 radical (unpaired) electrons. The Hall–Kier alpha value is -1.88. The molecule has 0 bridgehead atoms. The van der Waals surface area contributed by atoms with E-state index in [1.54, 1.807) is 0 Å². The molecule has 5 nitrogen and oxygen atoms in total. The number of carboxylic acids is 1. The van der Waals surface area contributed by atoms with Crippen LogP contribution in [0.25, 0.3) is 10.9 Å². The van der Waals surface area contributed by atoms with E-state index in [2.05, 4.69) is 28.6 Å². The predicted molar refractivity (Wildman–Crippen MR) is 71.9 cm³/mol. The average Bonchev–Trinajstić information content (AvgIpc) is 2.96. The molecule has 3 rings (SSSR count). The molecule has 2 heterocycles. The molecule has 1 aliphatic rings. The SMILES string of the molecule is Cc1nn(C)c2ccc(C3CC(C(=O)O)CN3)cc12. The largest absolute Gasteiger partial charge is 0.481 e. The normalized spacial score (nSPS) is 23.1. The van der Waals surface area contributed by atoms with Gasteiger partial charge in [-0.1, -0.05) is 6.07 Å². The summed E-state index contributed by atoms with van der Waals surface area (Å²) in [5.74, 6) is -0.996. The van der Waals surface area contributed by atoms with Crippen LogP contribution < -0.4 is 5.32 Å². The molecule has 2 N–H and O–H groups in total. The van der Waals surface area contributed by atoms with Gasteiger partial charge in [-0.15, -0.1) is 0 Å². The van der Waals surface area contributed by atoms with Gasteiger partial charge >= 0.3 is 5.97 Å². The van der Waals surface area contributed by atoms with Crippen molar-refractivity contribution < 1.29 is 9.90 Å². The summed E-state index contributed by atoms with van der Waals surface area (Å²) >= 11 is 0. The topological polar surface area (TPSA) is 67.2 Å². The zero-order chi connectivity index (χ0) is 13.6. The Balaban J connectivity index is 1.94. The quantitative estimate of drug-likeness (QED) is 0.860. The van der Waals surface area contributed by atoms with Crippen molar-refractivity contribution in [3.63, 3.8) is 0 Å². The van der Waals surface area contributed by atoms with Gasteiger partial charge in [0.05, 0.1) is 17.1 Å². The summed E-state index contributed by atoms with van der Waals surface area (Å²) in [6.45, 7) is 2.54. The lowest BCUT2D eigenvalue weighted by Gasteiger charge is -2.10. The van der Waals surface area contributed by atoms with Gasteiger partial charge in [-0.25, -0.2) is 0 Å². The average molecular weight is 259 g/mol. The molecule has 2 unspecified atom stereocenters. The predicted octanol–water partition coefficient (Wildman–Crippen LogP) is 1.62. The van der Waals surface area contributed by atoms with Gasteiger partial charge in [0.2, 0.25) is 0 Å². The van der Waals surface area contributed by atoms with Gasteiger partial charge in [-0.05, 0) is 31.0 Å². The number of aromatic nitrogens is 2. The van der Waals surface area contributed by atoms with E-state index in [1.165, 1.54) is 0 Å². The fraction of sp³-hybridized carbons (Fsp3) is 0.429. The second-order valence-electron chi connectivity index (χ2n) is 5.22. The number of benzene rings is 1. The number of hydrogen-bond donors (Lipinski definition) is 2. The molecule has 5 heteroatoms. The molecule has 0 spiro atoms. The van der Waals surface area contributed by atoms with Crippen LogP contribution in [0.1, 0.15) is 23.7 Å². The van der Waals surface area contributed by atoms with Gasteiger partial charge in [-0.3, -0.25) is 9.48 Å². The lowest BCUT2D eigenvalue weighted by molar-refractivity contribution is -0.141. The molecule has 2 aromatic rings. The molecule has 1 aliphatic heterocycles. The molecule has 19 heavy (non-hydrogen) atoms. The van der Waals surface area contributed by atoms with Crippen molar-refractivity contribution in [3.8, 4) is 0 Å². The number of fused-ring (bicyclic) bond motifs is 1. The first-order valence-electron chi connectivity index (χ1n) is 6.45. The number of carboxylic acid groups (broad SMARTS) is 1. The number of nitrogens with zero attached hydrogens (tertiary/aromatic N) is 2. The Morgan fingerprint density at radius 2 is 2.32 bits per heavy atom. The van der Waals surface area contributed by atoms with Crippen molar-refractivity contribution in [3.05, 3.63) is 29.5 Å². The van der Waals surface area contributed by atoms with E-state index >= 15 is 0 Å². The van der Waals surface area contributed by atoms with Crippen molar-refractivity contribution in [2.75, 3.05) is 6.54 Å². The standard InChI is InChI=1S/C14H17N3O2/c1-8-11-5-9(3-4-13(11)17(2)16-8)12-6-10(7-15-12)14(18)19/h3-5,10,12,15H,6-7H2,1-2H3,(H,18,19). The summed E-state index contributed by atoms with van der Waals surface area (Å²) in [4.78, 5) is 11.0. The molecular formula is C14H17N3O2. The van der Waals surface area contributed by atoms with Gasteiger partial charge in [0.15, 0.2) is 0 Å². The van der Waals surface area contributed by atoms with E-state index in [1.807, 2.05) is 18.7 Å². The lowest BCUT2D eigenvalue weighted by atomic mass is 9.99. The Bertz CT molecular complexity index is 647. The third kappa shape index (κ3) is 2.00. The number of aliphatic carboxylic acids is 1. The minimum atomic E-state index is -0.714. The van der Waals surface area contributed by atoms with E-state index in [0.29, 0.717) is 13.0 Å².